The molecule has 0 radical (unpaired) electrons. The van der Waals surface area contributed by atoms with Gasteiger partial charge in [0.15, 0.2) is 0 Å². The number of hydrogen-bond acceptors (Lipinski definition) is 4. The van der Waals surface area contributed by atoms with Crippen molar-refractivity contribution >= 4 is 17.6 Å². The molecular formula is C23H28F3N5O2. The topological polar surface area (TPSA) is 102 Å². The highest BCUT2D eigenvalue weighted by Gasteiger charge is 2.49. The van der Waals surface area contributed by atoms with Crippen molar-refractivity contribution < 1.29 is 22.8 Å². The van der Waals surface area contributed by atoms with Crippen molar-refractivity contribution in [3.63, 3.8) is 0 Å². The molecular weight excluding hydrogens is 435 g/mol. The molecule has 3 aliphatic rings. The van der Waals surface area contributed by atoms with Crippen molar-refractivity contribution in [3.05, 3.63) is 29.3 Å². The number of nitriles is 1. The summed E-state index contributed by atoms with van der Waals surface area (Å²) < 4.78 is 40.0. The van der Waals surface area contributed by atoms with Crippen LogP contribution in [0.15, 0.2) is 18.2 Å². The molecule has 4 rings (SSSR count). The maximum absolute atomic E-state index is 13.3. The van der Waals surface area contributed by atoms with Gasteiger partial charge < -0.3 is 20.9 Å². The largest absolute Gasteiger partial charge is 0.417 e. The summed E-state index contributed by atoms with van der Waals surface area (Å²) in [6, 6.07) is 4.56. The predicted octanol–water partition coefficient (Wildman–Crippen LogP) is 3.38. The summed E-state index contributed by atoms with van der Waals surface area (Å²) in [5.41, 5.74) is 4.41. The van der Waals surface area contributed by atoms with Gasteiger partial charge in [-0.3, -0.25) is 4.79 Å². The Morgan fingerprint density at radius 2 is 1.85 bits per heavy atom. The molecule has 1 atom stereocenters. The van der Waals surface area contributed by atoms with Gasteiger partial charge in [-0.25, -0.2) is 4.79 Å². The number of carbonyl (C=O) groups excluding carboxylic acids is 2. The van der Waals surface area contributed by atoms with Crippen LogP contribution in [0.5, 0.6) is 0 Å². The standard InChI is InChI=1S/C23H28F3N5O2/c24-23(25,26)18-11-17(6-5-15(18)13-27)30-9-7-22(8-10-30)12-19(20(28)32)31(14-22)21(33)29-16-3-1-2-4-16/h5-6,11,16,19H,1-4,7-10,12,14H2,(H2,28,32)(H,29,33). The number of nitrogens with one attached hydrogen (secondary N) is 1. The highest BCUT2D eigenvalue weighted by Crippen LogP contribution is 2.45. The number of hydrogen-bond donors (Lipinski definition) is 2. The fourth-order valence-corrected chi connectivity index (χ4v) is 5.51. The number of nitrogens with two attached hydrogens (primary N) is 1. The zero-order valence-corrected chi connectivity index (χ0v) is 18.3. The van der Waals surface area contributed by atoms with Crippen molar-refractivity contribution in [3.8, 4) is 6.07 Å². The summed E-state index contributed by atoms with van der Waals surface area (Å²) in [6.07, 6.45) is 1.15. The van der Waals surface area contributed by atoms with Crippen LogP contribution in [0.1, 0.15) is 56.1 Å². The van der Waals surface area contributed by atoms with Crippen molar-refractivity contribution in [1.29, 1.82) is 5.26 Å². The van der Waals surface area contributed by atoms with Crippen molar-refractivity contribution in [2.45, 2.75) is 63.2 Å². The van der Waals surface area contributed by atoms with Gasteiger partial charge in [0, 0.05) is 31.4 Å². The Labute approximate surface area is 190 Å². The zero-order chi connectivity index (χ0) is 23.8. The van der Waals surface area contributed by atoms with E-state index in [1.54, 1.807) is 11.0 Å². The van der Waals surface area contributed by atoms with Gasteiger partial charge in [-0.05, 0) is 55.7 Å². The molecule has 1 spiro atoms. The molecule has 0 bridgehead atoms. The van der Waals surface area contributed by atoms with Crippen LogP contribution < -0.4 is 16.0 Å². The summed E-state index contributed by atoms with van der Waals surface area (Å²) >= 11 is 0. The second-order valence-corrected chi connectivity index (χ2v) is 9.51. The molecule has 2 heterocycles. The maximum atomic E-state index is 13.3. The van der Waals surface area contributed by atoms with E-state index in [-0.39, 0.29) is 17.5 Å². The lowest BCUT2D eigenvalue weighted by Crippen LogP contribution is -2.50. The van der Waals surface area contributed by atoms with Crippen LogP contribution >= 0.6 is 0 Å². The Hall–Kier alpha value is -2.96. The van der Waals surface area contributed by atoms with Gasteiger partial charge in [-0.2, -0.15) is 18.4 Å². The lowest BCUT2D eigenvalue weighted by atomic mass is 9.76. The van der Waals surface area contributed by atoms with E-state index in [2.05, 4.69) is 5.32 Å². The Morgan fingerprint density at radius 3 is 2.42 bits per heavy atom. The third-order valence-electron chi connectivity index (χ3n) is 7.40. The van der Waals surface area contributed by atoms with Gasteiger partial charge in [-0.1, -0.05) is 12.8 Å². The molecule has 0 aromatic heterocycles. The van der Waals surface area contributed by atoms with E-state index in [0.717, 1.165) is 31.7 Å². The molecule has 1 unspecified atom stereocenters. The molecule has 33 heavy (non-hydrogen) atoms. The minimum atomic E-state index is -4.61. The average Bonchev–Trinajstić information content (AvgIpc) is 3.41. The first-order chi connectivity index (χ1) is 15.6. The lowest BCUT2D eigenvalue weighted by Gasteiger charge is -2.40. The van der Waals surface area contributed by atoms with Gasteiger partial charge in [0.05, 0.1) is 17.2 Å². The molecule has 1 aliphatic carbocycles. The van der Waals surface area contributed by atoms with E-state index in [1.165, 1.54) is 12.1 Å². The Kier molecular flexibility index (Phi) is 6.16. The highest BCUT2D eigenvalue weighted by molar-refractivity contribution is 5.87. The minimum absolute atomic E-state index is 0.128. The van der Waals surface area contributed by atoms with E-state index in [0.29, 0.717) is 44.6 Å². The second-order valence-electron chi connectivity index (χ2n) is 9.51. The quantitative estimate of drug-likeness (QED) is 0.717. The van der Waals surface area contributed by atoms with Gasteiger partial charge >= 0.3 is 12.2 Å². The number of likely N-dealkylation sites (tertiary alicyclic amines) is 1. The SMILES string of the molecule is N#Cc1ccc(N2CCC3(CC2)CC(C(N)=O)N(C(=O)NC2CCCC2)C3)cc1C(F)(F)F. The summed E-state index contributed by atoms with van der Waals surface area (Å²) in [6.45, 7) is 1.40. The molecule has 3 N–H and O–H groups in total. The smallest absolute Gasteiger partial charge is 0.371 e. The summed E-state index contributed by atoms with van der Waals surface area (Å²) in [5, 5.41) is 12.0. The zero-order valence-electron chi connectivity index (χ0n) is 18.3. The summed E-state index contributed by atoms with van der Waals surface area (Å²) in [7, 11) is 0. The van der Waals surface area contributed by atoms with Gasteiger partial charge in [0.1, 0.15) is 6.04 Å². The first kappa shape index (κ1) is 23.2. The molecule has 7 nitrogen and oxygen atoms in total. The number of carbonyl (C=O) groups is 2. The molecule has 2 aliphatic heterocycles. The molecule has 2 saturated heterocycles. The number of nitrogens with zero attached hydrogens (tertiary/aromatic N) is 3. The van der Waals surface area contributed by atoms with E-state index < -0.39 is 29.3 Å². The lowest BCUT2D eigenvalue weighted by molar-refractivity contribution is -0.137. The number of anilines is 1. The van der Waals surface area contributed by atoms with Crippen molar-refractivity contribution in [2.24, 2.45) is 11.1 Å². The van der Waals surface area contributed by atoms with Crippen LogP contribution in [0.4, 0.5) is 23.7 Å². The van der Waals surface area contributed by atoms with Crippen LogP contribution in [-0.4, -0.2) is 48.6 Å². The van der Waals surface area contributed by atoms with Crippen molar-refractivity contribution in [1.82, 2.24) is 10.2 Å². The van der Waals surface area contributed by atoms with E-state index in [1.807, 2.05) is 4.90 Å². The number of piperidine rings is 1. The Balaban J connectivity index is 1.46. The molecule has 3 fully saturated rings. The highest BCUT2D eigenvalue weighted by atomic mass is 19.4. The van der Waals surface area contributed by atoms with Gasteiger partial charge in [-0.15, -0.1) is 0 Å². The van der Waals surface area contributed by atoms with Crippen LogP contribution in [0.3, 0.4) is 0 Å². The van der Waals surface area contributed by atoms with Gasteiger partial charge in [0.25, 0.3) is 0 Å². The molecule has 10 heteroatoms. The molecule has 1 aromatic carbocycles. The molecule has 178 valence electrons. The molecule has 1 aromatic rings. The van der Waals surface area contributed by atoms with E-state index in [9.17, 15) is 22.8 Å². The Bertz CT molecular complexity index is 960. The van der Waals surface area contributed by atoms with Crippen LogP contribution in [0, 0.1) is 16.7 Å². The average molecular weight is 464 g/mol. The molecule has 1 saturated carbocycles. The number of halogens is 3. The van der Waals surface area contributed by atoms with Crippen LogP contribution in [-0.2, 0) is 11.0 Å². The maximum Gasteiger partial charge on any atom is 0.417 e. The third-order valence-corrected chi connectivity index (χ3v) is 7.40. The number of amides is 3. The number of benzene rings is 1. The minimum Gasteiger partial charge on any atom is -0.371 e. The van der Waals surface area contributed by atoms with Crippen LogP contribution in [0.2, 0.25) is 0 Å². The second kappa shape index (κ2) is 8.76. The number of primary amides is 1. The number of rotatable bonds is 3. The van der Waals surface area contributed by atoms with Crippen LogP contribution in [0.25, 0.3) is 0 Å². The van der Waals surface area contributed by atoms with Crippen molar-refractivity contribution in [2.75, 3.05) is 24.5 Å². The summed E-state index contributed by atoms with van der Waals surface area (Å²) in [5.74, 6) is -0.530. The first-order valence-electron chi connectivity index (χ1n) is 11.3. The summed E-state index contributed by atoms with van der Waals surface area (Å²) in [4.78, 5) is 28.4. The molecule has 3 amide bonds. The monoisotopic (exact) mass is 463 g/mol. The van der Waals surface area contributed by atoms with E-state index in [4.69, 9.17) is 11.0 Å². The number of urea groups is 1. The van der Waals surface area contributed by atoms with E-state index >= 15 is 0 Å². The van der Waals surface area contributed by atoms with Gasteiger partial charge in [0.2, 0.25) is 5.91 Å². The fourth-order valence-electron chi connectivity index (χ4n) is 5.51. The number of alkyl halides is 3. The fraction of sp³-hybridized carbons (Fsp3) is 0.609. The third kappa shape index (κ3) is 4.72. The first-order valence-corrected chi connectivity index (χ1v) is 11.3. The predicted molar refractivity (Wildman–Crippen MR) is 115 cm³/mol. The normalized spacial score (nSPS) is 23.0. The Morgan fingerprint density at radius 1 is 1.18 bits per heavy atom.